The zero-order valence-corrected chi connectivity index (χ0v) is 12.0. The highest BCUT2D eigenvalue weighted by molar-refractivity contribution is 5.68. The van der Waals surface area contributed by atoms with E-state index < -0.39 is 35.6 Å². The van der Waals surface area contributed by atoms with Crippen LogP contribution in [0.15, 0.2) is 0 Å². The van der Waals surface area contributed by atoms with E-state index in [4.69, 9.17) is 9.47 Å². The van der Waals surface area contributed by atoms with E-state index in [1.807, 2.05) is 0 Å². The minimum Gasteiger partial charge on any atom is -0.465 e. The Morgan fingerprint density at radius 1 is 1.29 bits per heavy atom. The van der Waals surface area contributed by atoms with Gasteiger partial charge in [0.1, 0.15) is 0 Å². The first-order chi connectivity index (χ1) is 9.69. The van der Waals surface area contributed by atoms with Crippen molar-refractivity contribution in [1.29, 1.82) is 0 Å². The molecule has 4 unspecified atom stereocenters. The number of carbonyl (C=O) groups is 2. The summed E-state index contributed by atoms with van der Waals surface area (Å²) < 4.78 is 50.2. The van der Waals surface area contributed by atoms with Crippen molar-refractivity contribution in [2.45, 2.75) is 51.3 Å². The number of ether oxygens (including phenoxy) is 2. The lowest BCUT2D eigenvalue weighted by atomic mass is 9.76. The van der Waals surface area contributed by atoms with Crippen LogP contribution in [0.25, 0.3) is 0 Å². The maximum absolute atomic E-state index is 13.5. The van der Waals surface area contributed by atoms with Gasteiger partial charge >= 0.3 is 18.1 Å². The number of fused-ring (bicyclic) bond motifs is 2. The first-order valence-corrected chi connectivity index (χ1v) is 7.11. The summed E-state index contributed by atoms with van der Waals surface area (Å²) in [5.74, 6) is -2.72. The Kier molecular flexibility index (Phi) is 4.22. The number of hydrogen-bond acceptors (Lipinski definition) is 4. The summed E-state index contributed by atoms with van der Waals surface area (Å²) >= 11 is 0. The van der Waals surface area contributed by atoms with Crippen LogP contribution in [-0.4, -0.2) is 30.3 Å². The van der Waals surface area contributed by atoms with Gasteiger partial charge in [-0.15, -0.1) is 0 Å². The molecule has 0 heterocycles. The molecular weight excluding hydrogens is 289 g/mol. The Bertz CT molecular complexity index is 434. The third-order valence-electron chi connectivity index (χ3n) is 4.54. The molecule has 0 amide bonds. The zero-order valence-electron chi connectivity index (χ0n) is 12.0. The van der Waals surface area contributed by atoms with Crippen LogP contribution >= 0.6 is 0 Å². The van der Waals surface area contributed by atoms with E-state index in [1.165, 1.54) is 0 Å². The third-order valence-corrected chi connectivity index (χ3v) is 4.54. The Labute approximate surface area is 121 Å². The summed E-state index contributed by atoms with van der Waals surface area (Å²) in [7, 11) is 0. The van der Waals surface area contributed by atoms with Crippen LogP contribution in [0.5, 0.6) is 0 Å². The smallest absolute Gasteiger partial charge is 0.428 e. The lowest BCUT2D eigenvalue weighted by molar-refractivity contribution is -0.290. The minimum absolute atomic E-state index is 0.0348. The predicted molar refractivity (Wildman–Crippen MR) is 66.1 cm³/mol. The number of carbonyl (C=O) groups excluding carboxylic acids is 2. The number of esters is 2. The fraction of sp³-hybridized carbons (Fsp3) is 0.857. The maximum Gasteiger partial charge on any atom is 0.428 e. The average molecular weight is 308 g/mol. The Morgan fingerprint density at radius 3 is 2.43 bits per heavy atom. The highest BCUT2D eigenvalue weighted by atomic mass is 19.4. The minimum atomic E-state index is -4.61. The normalized spacial score (nSPS) is 34.8. The average Bonchev–Trinajstić information content (AvgIpc) is 2.91. The van der Waals surface area contributed by atoms with Gasteiger partial charge in [-0.1, -0.05) is 6.92 Å². The van der Waals surface area contributed by atoms with Crippen molar-refractivity contribution in [1.82, 2.24) is 0 Å². The molecule has 0 saturated heterocycles. The topological polar surface area (TPSA) is 52.6 Å². The van der Waals surface area contributed by atoms with Crippen molar-refractivity contribution in [3.63, 3.8) is 0 Å². The maximum atomic E-state index is 13.5. The molecule has 2 bridgehead atoms. The highest BCUT2D eigenvalue weighted by Crippen LogP contribution is 2.61. The van der Waals surface area contributed by atoms with Crippen molar-refractivity contribution in [2.75, 3.05) is 6.61 Å². The molecule has 0 aliphatic heterocycles. The van der Waals surface area contributed by atoms with Crippen LogP contribution in [0.2, 0.25) is 0 Å². The molecule has 0 spiro atoms. The summed E-state index contributed by atoms with van der Waals surface area (Å²) in [6, 6.07) is 0. The standard InChI is InChI=1S/C14H19F3O4/c1-3-12(19)20-7-10-4-9-5-11(10)13(6-9,14(15,16)17)21-8(2)18/h9-11H,3-7H2,1-2H3. The molecule has 2 aliphatic rings. The molecule has 2 saturated carbocycles. The molecule has 0 aromatic carbocycles. The van der Waals surface area contributed by atoms with Crippen LogP contribution in [0.1, 0.15) is 39.5 Å². The third kappa shape index (κ3) is 2.87. The van der Waals surface area contributed by atoms with Gasteiger partial charge in [0.2, 0.25) is 5.60 Å². The number of halogens is 3. The molecule has 2 aliphatic carbocycles. The zero-order chi connectivity index (χ0) is 15.8. The Hall–Kier alpha value is -1.27. The molecule has 120 valence electrons. The van der Waals surface area contributed by atoms with Gasteiger partial charge in [0.25, 0.3) is 0 Å². The van der Waals surface area contributed by atoms with Gasteiger partial charge in [0.15, 0.2) is 0 Å². The van der Waals surface area contributed by atoms with Gasteiger partial charge in [-0.2, -0.15) is 13.2 Å². The van der Waals surface area contributed by atoms with Crippen LogP contribution in [-0.2, 0) is 19.1 Å². The fourth-order valence-corrected chi connectivity index (χ4v) is 3.80. The molecular formula is C14H19F3O4. The molecule has 4 nitrogen and oxygen atoms in total. The van der Waals surface area contributed by atoms with E-state index in [-0.39, 0.29) is 25.4 Å². The Morgan fingerprint density at radius 2 is 1.95 bits per heavy atom. The fourth-order valence-electron chi connectivity index (χ4n) is 3.80. The molecule has 0 aromatic heterocycles. The SMILES string of the molecule is CCC(=O)OCC1CC2CC1C(OC(C)=O)(C(F)(F)F)C2. The van der Waals surface area contributed by atoms with Crippen LogP contribution < -0.4 is 0 Å². The van der Waals surface area contributed by atoms with Gasteiger partial charge in [-0.3, -0.25) is 9.59 Å². The summed E-state index contributed by atoms with van der Waals surface area (Å²) in [5.41, 5.74) is -2.41. The molecule has 0 radical (unpaired) electrons. The molecule has 7 heteroatoms. The van der Waals surface area contributed by atoms with Crippen molar-refractivity contribution in [3.05, 3.63) is 0 Å². The van der Waals surface area contributed by atoms with Crippen LogP contribution in [0, 0.1) is 17.8 Å². The lowest BCUT2D eigenvalue weighted by Gasteiger charge is -2.41. The number of alkyl halides is 3. The lowest BCUT2D eigenvalue weighted by Crippen LogP contribution is -2.55. The van der Waals surface area contributed by atoms with Crippen molar-refractivity contribution >= 4 is 11.9 Å². The quantitative estimate of drug-likeness (QED) is 0.749. The first-order valence-electron chi connectivity index (χ1n) is 7.11. The van der Waals surface area contributed by atoms with Gasteiger partial charge in [-0.25, -0.2) is 0 Å². The summed E-state index contributed by atoms with van der Waals surface area (Å²) in [6.07, 6.45) is -3.65. The first kappa shape index (κ1) is 16.1. The van der Waals surface area contributed by atoms with E-state index in [2.05, 4.69) is 0 Å². The molecule has 0 aromatic rings. The van der Waals surface area contributed by atoms with Crippen molar-refractivity contribution in [2.24, 2.45) is 17.8 Å². The summed E-state index contributed by atoms with van der Waals surface area (Å²) in [5, 5.41) is 0. The number of rotatable bonds is 4. The molecule has 2 rings (SSSR count). The van der Waals surface area contributed by atoms with E-state index >= 15 is 0 Å². The van der Waals surface area contributed by atoms with Gasteiger partial charge in [0, 0.05) is 25.2 Å². The van der Waals surface area contributed by atoms with Crippen LogP contribution in [0.3, 0.4) is 0 Å². The molecule has 21 heavy (non-hydrogen) atoms. The summed E-state index contributed by atoms with van der Waals surface area (Å²) in [4.78, 5) is 22.3. The predicted octanol–water partition coefficient (Wildman–Crippen LogP) is 2.85. The highest BCUT2D eigenvalue weighted by Gasteiger charge is 2.70. The summed E-state index contributed by atoms with van der Waals surface area (Å²) in [6.45, 7) is 2.58. The Balaban J connectivity index is 2.16. The monoisotopic (exact) mass is 308 g/mol. The van der Waals surface area contributed by atoms with Gasteiger partial charge in [-0.05, 0) is 25.2 Å². The molecule has 2 fully saturated rings. The van der Waals surface area contributed by atoms with Crippen molar-refractivity contribution in [3.8, 4) is 0 Å². The largest absolute Gasteiger partial charge is 0.465 e. The number of hydrogen-bond donors (Lipinski definition) is 0. The van der Waals surface area contributed by atoms with E-state index in [1.54, 1.807) is 6.92 Å². The second-order valence-corrected chi connectivity index (χ2v) is 5.93. The van der Waals surface area contributed by atoms with Crippen molar-refractivity contribution < 1.29 is 32.2 Å². The molecule has 0 N–H and O–H groups in total. The van der Waals surface area contributed by atoms with Gasteiger partial charge < -0.3 is 9.47 Å². The van der Waals surface area contributed by atoms with E-state index in [9.17, 15) is 22.8 Å². The second-order valence-electron chi connectivity index (χ2n) is 5.93. The second kappa shape index (κ2) is 5.50. The van der Waals surface area contributed by atoms with Gasteiger partial charge in [0.05, 0.1) is 6.61 Å². The van der Waals surface area contributed by atoms with E-state index in [0.29, 0.717) is 12.8 Å². The van der Waals surface area contributed by atoms with E-state index in [0.717, 1.165) is 6.92 Å². The van der Waals surface area contributed by atoms with Crippen LogP contribution in [0.4, 0.5) is 13.2 Å². The molecule has 4 atom stereocenters.